The molecule has 2 amide bonds. The monoisotopic (exact) mass is 556 g/mol. The third-order valence-corrected chi connectivity index (χ3v) is 6.73. The Kier molecular flexibility index (Phi) is 8.12. The predicted octanol–water partition coefficient (Wildman–Crippen LogP) is 7.80. The Morgan fingerprint density at radius 1 is 1.00 bits per heavy atom. The van der Waals surface area contributed by atoms with Crippen LogP contribution in [0, 0.1) is 12.8 Å². The molecule has 0 bridgehead atoms. The number of carbonyl (C=O) groups excluding carboxylic acids is 1. The molecule has 0 atom stereocenters. The Balaban J connectivity index is 2.14. The lowest BCUT2D eigenvalue weighted by Gasteiger charge is -2.20. The van der Waals surface area contributed by atoms with Crippen LogP contribution in [-0.2, 0) is 6.54 Å². The molecular formula is C28H27Cl3N4O2. The van der Waals surface area contributed by atoms with E-state index >= 15 is 0 Å². The lowest BCUT2D eigenvalue weighted by molar-refractivity contribution is 0.252. The summed E-state index contributed by atoms with van der Waals surface area (Å²) < 4.78 is 1.66. The molecule has 2 N–H and O–H groups in total. The number of rotatable bonds is 6. The van der Waals surface area contributed by atoms with Gasteiger partial charge < -0.3 is 10.6 Å². The van der Waals surface area contributed by atoms with Crippen molar-refractivity contribution in [3.8, 4) is 22.4 Å². The van der Waals surface area contributed by atoms with Gasteiger partial charge in [-0.3, -0.25) is 9.36 Å². The molecule has 9 heteroatoms. The zero-order chi connectivity index (χ0) is 26.9. The average molecular weight is 558 g/mol. The van der Waals surface area contributed by atoms with Crippen LogP contribution in [0.3, 0.4) is 0 Å². The van der Waals surface area contributed by atoms with Gasteiger partial charge in [0.25, 0.3) is 5.56 Å². The molecule has 4 rings (SSSR count). The van der Waals surface area contributed by atoms with Crippen molar-refractivity contribution in [1.29, 1.82) is 0 Å². The van der Waals surface area contributed by atoms with Crippen molar-refractivity contribution in [3.05, 3.63) is 79.5 Å². The lowest BCUT2D eigenvalue weighted by atomic mass is 9.97. The zero-order valence-corrected chi connectivity index (χ0v) is 23.2. The number of anilines is 1. The van der Waals surface area contributed by atoms with E-state index < -0.39 is 6.03 Å². The number of halogens is 3. The number of amides is 2. The van der Waals surface area contributed by atoms with Crippen LogP contribution in [-0.4, -0.2) is 22.1 Å². The summed E-state index contributed by atoms with van der Waals surface area (Å²) in [4.78, 5) is 31.1. The van der Waals surface area contributed by atoms with Crippen molar-refractivity contribution in [1.82, 2.24) is 14.9 Å². The smallest absolute Gasteiger partial charge is 0.319 e. The highest BCUT2D eigenvalue weighted by Crippen LogP contribution is 2.39. The van der Waals surface area contributed by atoms with E-state index in [2.05, 4.69) is 10.6 Å². The molecule has 6 nitrogen and oxygen atoms in total. The van der Waals surface area contributed by atoms with Crippen LogP contribution < -0.4 is 16.2 Å². The highest BCUT2D eigenvalue weighted by Gasteiger charge is 2.22. The van der Waals surface area contributed by atoms with Crippen LogP contribution in [0.15, 0.2) is 53.3 Å². The second-order valence-corrected chi connectivity index (χ2v) is 10.5. The molecule has 0 saturated heterocycles. The fourth-order valence-electron chi connectivity index (χ4n) is 4.25. The Hall–Kier alpha value is -3.06. The molecule has 37 heavy (non-hydrogen) atoms. The first-order chi connectivity index (χ1) is 17.6. The molecule has 0 unspecified atom stereocenters. The summed E-state index contributed by atoms with van der Waals surface area (Å²) in [5.74, 6) is 0.183. The molecule has 0 radical (unpaired) electrons. The van der Waals surface area contributed by atoms with E-state index in [1.54, 1.807) is 35.8 Å². The van der Waals surface area contributed by atoms with Crippen molar-refractivity contribution < 1.29 is 4.79 Å². The molecule has 2 aromatic carbocycles. The van der Waals surface area contributed by atoms with Crippen LogP contribution in [0.5, 0.6) is 0 Å². The molecule has 192 valence electrons. The van der Waals surface area contributed by atoms with Crippen molar-refractivity contribution in [3.63, 3.8) is 0 Å². The molecule has 0 aliphatic rings. The molecule has 0 fully saturated rings. The van der Waals surface area contributed by atoms with Gasteiger partial charge >= 0.3 is 6.03 Å². The second kappa shape index (κ2) is 11.1. The Bertz CT molecular complexity index is 1550. The number of carbonyl (C=O) groups is 1. The van der Waals surface area contributed by atoms with Gasteiger partial charge in [0.2, 0.25) is 0 Å². The Morgan fingerprint density at radius 2 is 1.68 bits per heavy atom. The summed E-state index contributed by atoms with van der Waals surface area (Å²) in [5, 5.41) is 7.78. The number of urea groups is 1. The number of fused-ring (bicyclic) bond motifs is 1. The third-order valence-electron chi connectivity index (χ3n) is 5.93. The number of pyridine rings is 2. The van der Waals surface area contributed by atoms with Crippen LogP contribution in [0.2, 0.25) is 15.1 Å². The highest BCUT2D eigenvalue weighted by molar-refractivity contribution is 6.36. The summed E-state index contributed by atoms with van der Waals surface area (Å²) in [6.07, 6.45) is 0. The number of nitrogens with zero attached hydrogens (tertiary/aromatic N) is 2. The average Bonchev–Trinajstić information content (AvgIpc) is 2.84. The van der Waals surface area contributed by atoms with Crippen LogP contribution in [0.4, 0.5) is 10.5 Å². The molecule has 2 heterocycles. The zero-order valence-electron chi connectivity index (χ0n) is 21.0. The lowest BCUT2D eigenvalue weighted by Crippen LogP contribution is -2.32. The predicted molar refractivity (Wildman–Crippen MR) is 154 cm³/mol. The van der Waals surface area contributed by atoms with E-state index in [4.69, 9.17) is 39.8 Å². The molecule has 0 spiro atoms. The van der Waals surface area contributed by atoms with Gasteiger partial charge in [0.1, 0.15) is 5.65 Å². The summed E-state index contributed by atoms with van der Waals surface area (Å²) >= 11 is 19.0. The van der Waals surface area contributed by atoms with Crippen molar-refractivity contribution in [2.45, 2.75) is 34.2 Å². The standard InChI is InChI=1S/C28H27Cl3N4O2/c1-5-32-28(37)34-24-16(4)27(36)35(14-15(2)3)26-22(24)13-21(17-6-8-18(29)9-7-17)25(33-26)20-11-10-19(30)12-23(20)31/h6-13,15H,5,14H2,1-4H3,(H2,32,34,37). The summed E-state index contributed by atoms with van der Waals surface area (Å²) in [6, 6.07) is 14.2. The van der Waals surface area contributed by atoms with Gasteiger partial charge in [0, 0.05) is 45.2 Å². The van der Waals surface area contributed by atoms with Gasteiger partial charge in [-0.15, -0.1) is 0 Å². The second-order valence-electron chi connectivity index (χ2n) is 9.18. The fraction of sp³-hybridized carbons (Fsp3) is 0.250. The molecular weight excluding hydrogens is 531 g/mol. The van der Waals surface area contributed by atoms with Crippen LogP contribution in [0.25, 0.3) is 33.4 Å². The molecule has 2 aromatic heterocycles. The van der Waals surface area contributed by atoms with Gasteiger partial charge in [-0.1, -0.05) is 60.8 Å². The number of aromatic nitrogens is 2. The number of nitrogens with one attached hydrogen (secondary N) is 2. The minimum atomic E-state index is -0.397. The number of hydrogen-bond donors (Lipinski definition) is 2. The molecule has 4 aromatic rings. The maximum absolute atomic E-state index is 13.5. The van der Waals surface area contributed by atoms with Gasteiger partial charge in [0.05, 0.1) is 16.4 Å². The number of hydrogen-bond acceptors (Lipinski definition) is 3. The van der Waals surface area contributed by atoms with E-state index in [1.807, 2.05) is 45.0 Å². The first kappa shape index (κ1) is 27.0. The van der Waals surface area contributed by atoms with E-state index in [9.17, 15) is 9.59 Å². The van der Waals surface area contributed by atoms with E-state index in [0.29, 0.717) is 61.7 Å². The maximum atomic E-state index is 13.5. The van der Waals surface area contributed by atoms with E-state index in [-0.39, 0.29) is 11.5 Å². The maximum Gasteiger partial charge on any atom is 0.319 e. The van der Waals surface area contributed by atoms with Gasteiger partial charge in [0.15, 0.2) is 0 Å². The van der Waals surface area contributed by atoms with Crippen molar-refractivity contribution >= 4 is 57.6 Å². The van der Waals surface area contributed by atoms with Gasteiger partial charge in [-0.25, -0.2) is 9.78 Å². The molecule has 0 aliphatic heterocycles. The minimum absolute atomic E-state index is 0.183. The molecule has 0 aliphatic carbocycles. The Labute approximate surface area is 230 Å². The largest absolute Gasteiger partial charge is 0.338 e. The van der Waals surface area contributed by atoms with Crippen molar-refractivity contribution in [2.75, 3.05) is 11.9 Å². The SMILES string of the molecule is CCNC(=O)Nc1c(C)c(=O)n(CC(C)C)c2nc(-c3ccc(Cl)cc3Cl)c(-c3ccc(Cl)cc3)cc12. The first-order valence-corrected chi connectivity index (χ1v) is 13.1. The van der Waals surface area contributed by atoms with E-state index in [1.165, 1.54) is 0 Å². The quantitative estimate of drug-likeness (QED) is 0.254. The number of benzene rings is 2. The normalized spacial score (nSPS) is 11.2. The third kappa shape index (κ3) is 5.61. The van der Waals surface area contributed by atoms with Gasteiger partial charge in [-0.2, -0.15) is 0 Å². The topological polar surface area (TPSA) is 76.0 Å². The molecule has 0 saturated carbocycles. The van der Waals surface area contributed by atoms with Crippen LogP contribution >= 0.6 is 34.8 Å². The van der Waals surface area contributed by atoms with Crippen molar-refractivity contribution in [2.24, 2.45) is 5.92 Å². The first-order valence-electron chi connectivity index (χ1n) is 11.9. The summed E-state index contributed by atoms with van der Waals surface area (Å²) in [7, 11) is 0. The Morgan fingerprint density at radius 3 is 2.30 bits per heavy atom. The summed E-state index contributed by atoms with van der Waals surface area (Å²) in [6.45, 7) is 8.51. The highest BCUT2D eigenvalue weighted by atomic mass is 35.5. The van der Waals surface area contributed by atoms with Crippen LogP contribution in [0.1, 0.15) is 26.3 Å². The minimum Gasteiger partial charge on any atom is -0.338 e. The van der Waals surface area contributed by atoms with Gasteiger partial charge in [-0.05, 0) is 61.7 Å². The fourth-order valence-corrected chi connectivity index (χ4v) is 4.88. The summed E-state index contributed by atoms with van der Waals surface area (Å²) in [5.41, 5.74) is 3.96. The van der Waals surface area contributed by atoms with E-state index in [0.717, 1.165) is 11.1 Å².